The van der Waals surface area contributed by atoms with E-state index in [-0.39, 0.29) is 12.4 Å². The summed E-state index contributed by atoms with van der Waals surface area (Å²) in [4.78, 5) is 4.27. The summed E-state index contributed by atoms with van der Waals surface area (Å²) in [7, 11) is 1.50. The van der Waals surface area contributed by atoms with E-state index in [1.807, 2.05) is 6.07 Å². The van der Waals surface area contributed by atoms with Crippen molar-refractivity contribution in [3.05, 3.63) is 65.8 Å². The Balaban J connectivity index is 1.73. The lowest BCUT2D eigenvalue weighted by molar-refractivity contribution is 0.280. The highest BCUT2D eigenvalue weighted by atomic mass is 19.1. The molecule has 0 unspecified atom stereocenters. The van der Waals surface area contributed by atoms with Gasteiger partial charge < -0.3 is 13.9 Å². The number of ether oxygens (including phenoxy) is 2. The van der Waals surface area contributed by atoms with Crippen molar-refractivity contribution in [2.45, 2.75) is 6.61 Å². The van der Waals surface area contributed by atoms with E-state index < -0.39 is 0 Å². The van der Waals surface area contributed by atoms with Gasteiger partial charge in [-0.05, 0) is 30.3 Å². The summed E-state index contributed by atoms with van der Waals surface area (Å²) < 4.78 is 29.5. The first-order valence-electron chi connectivity index (χ1n) is 7.11. The molecule has 0 bridgehead atoms. The van der Waals surface area contributed by atoms with E-state index in [4.69, 9.17) is 19.2 Å². The van der Waals surface area contributed by atoms with Crippen LogP contribution >= 0.6 is 0 Å². The molecular weight excluding hydrogens is 311 g/mol. The van der Waals surface area contributed by atoms with Gasteiger partial charge in [0.2, 0.25) is 5.89 Å². The molecule has 0 aliphatic heterocycles. The van der Waals surface area contributed by atoms with Crippen LogP contribution in [0.2, 0.25) is 0 Å². The number of benzene rings is 2. The lowest BCUT2D eigenvalue weighted by atomic mass is 10.2. The Kier molecular flexibility index (Phi) is 4.43. The van der Waals surface area contributed by atoms with Crippen LogP contribution in [0.4, 0.5) is 4.39 Å². The number of oxazole rings is 1. The molecule has 3 rings (SSSR count). The van der Waals surface area contributed by atoms with Crippen LogP contribution < -0.4 is 9.47 Å². The van der Waals surface area contributed by atoms with Crippen LogP contribution in [0, 0.1) is 17.1 Å². The van der Waals surface area contributed by atoms with Crippen molar-refractivity contribution >= 4 is 0 Å². The van der Waals surface area contributed by atoms with E-state index in [9.17, 15) is 4.39 Å². The first-order valence-corrected chi connectivity index (χ1v) is 7.11. The third-order valence-corrected chi connectivity index (χ3v) is 3.29. The van der Waals surface area contributed by atoms with Gasteiger partial charge in [0.15, 0.2) is 11.5 Å². The molecular formula is C18H13FN2O3. The third-order valence-electron chi connectivity index (χ3n) is 3.29. The molecule has 1 heterocycles. The third kappa shape index (κ3) is 3.36. The Morgan fingerprint density at radius 1 is 1.21 bits per heavy atom. The monoisotopic (exact) mass is 324 g/mol. The van der Waals surface area contributed by atoms with Crippen molar-refractivity contribution < 1.29 is 18.3 Å². The van der Waals surface area contributed by atoms with Crippen LogP contribution in [0.5, 0.6) is 11.5 Å². The maximum atomic E-state index is 13.2. The molecule has 0 amide bonds. The molecule has 5 nitrogen and oxygen atoms in total. The summed E-state index contributed by atoms with van der Waals surface area (Å²) in [5.74, 6) is 0.917. The van der Waals surface area contributed by atoms with Crippen LogP contribution in [0.1, 0.15) is 11.3 Å². The molecule has 0 saturated heterocycles. The summed E-state index contributed by atoms with van der Waals surface area (Å²) in [6, 6.07) is 12.9. The Morgan fingerprint density at radius 3 is 2.83 bits per heavy atom. The van der Waals surface area contributed by atoms with Crippen LogP contribution in [0.15, 0.2) is 53.1 Å². The van der Waals surface area contributed by atoms with Gasteiger partial charge in [-0.2, -0.15) is 5.26 Å². The highest BCUT2D eigenvalue weighted by Gasteiger charge is 2.10. The van der Waals surface area contributed by atoms with Gasteiger partial charge in [0.05, 0.1) is 18.7 Å². The molecule has 3 aromatic rings. The molecule has 0 atom stereocenters. The Morgan fingerprint density at radius 2 is 2.08 bits per heavy atom. The predicted molar refractivity (Wildman–Crippen MR) is 83.9 cm³/mol. The van der Waals surface area contributed by atoms with Gasteiger partial charge >= 0.3 is 0 Å². The normalized spacial score (nSPS) is 10.2. The molecule has 0 saturated carbocycles. The Bertz CT molecular complexity index is 899. The second kappa shape index (κ2) is 6.84. The van der Waals surface area contributed by atoms with Crippen molar-refractivity contribution in [1.82, 2.24) is 4.98 Å². The van der Waals surface area contributed by atoms with Gasteiger partial charge in [-0.3, -0.25) is 0 Å². The Hall–Kier alpha value is -3.33. The summed E-state index contributed by atoms with van der Waals surface area (Å²) >= 11 is 0. The SMILES string of the molecule is COc1cc(C#N)ccc1OCc1coc(-c2cccc(F)c2)n1. The van der Waals surface area contributed by atoms with E-state index in [1.165, 1.54) is 25.5 Å². The fraction of sp³-hybridized carbons (Fsp3) is 0.111. The molecule has 2 aromatic carbocycles. The largest absolute Gasteiger partial charge is 0.493 e. The summed E-state index contributed by atoms with van der Waals surface area (Å²) in [6.45, 7) is 0.154. The van der Waals surface area contributed by atoms with E-state index in [1.54, 1.807) is 30.3 Å². The van der Waals surface area contributed by atoms with Crippen LogP contribution in [-0.2, 0) is 6.61 Å². The number of hydrogen-bond acceptors (Lipinski definition) is 5. The smallest absolute Gasteiger partial charge is 0.226 e. The second-order valence-electron chi connectivity index (χ2n) is 4.92. The molecule has 0 radical (unpaired) electrons. The van der Waals surface area contributed by atoms with Gasteiger partial charge in [0.1, 0.15) is 24.4 Å². The minimum atomic E-state index is -0.356. The second-order valence-corrected chi connectivity index (χ2v) is 4.92. The highest BCUT2D eigenvalue weighted by Crippen LogP contribution is 2.29. The van der Waals surface area contributed by atoms with Crippen LogP contribution in [0.25, 0.3) is 11.5 Å². The standard InChI is InChI=1S/C18H13FN2O3/c1-22-17-7-12(9-20)5-6-16(17)23-10-15-11-24-18(21-15)13-3-2-4-14(19)8-13/h2-8,11H,10H2,1H3. The van der Waals surface area contributed by atoms with E-state index in [0.29, 0.717) is 34.2 Å². The molecule has 0 aliphatic carbocycles. The van der Waals surface area contributed by atoms with Gasteiger partial charge in [0, 0.05) is 11.6 Å². The fourth-order valence-corrected chi connectivity index (χ4v) is 2.14. The molecule has 0 N–H and O–H groups in total. The fourth-order valence-electron chi connectivity index (χ4n) is 2.14. The van der Waals surface area contributed by atoms with E-state index in [2.05, 4.69) is 4.98 Å². The first-order chi connectivity index (χ1) is 11.7. The minimum absolute atomic E-state index is 0.154. The summed E-state index contributed by atoms with van der Waals surface area (Å²) in [6.07, 6.45) is 1.45. The molecule has 24 heavy (non-hydrogen) atoms. The lowest BCUT2D eigenvalue weighted by Crippen LogP contribution is -1.98. The quantitative estimate of drug-likeness (QED) is 0.711. The van der Waals surface area contributed by atoms with Gasteiger partial charge in [-0.15, -0.1) is 0 Å². The molecule has 0 spiro atoms. The Labute approximate surface area is 137 Å². The van der Waals surface area contributed by atoms with E-state index in [0.717, 1.165) is 0 Å². The summed E-state index contributed by atoms with van der Waals surface area (Å²) in [5, 5.41) is 8.89. The topological polar surface area (TPSA) is 68.3 Å². The van der Waals surface area contributed by atoms with Crippen LogP contribution in [-0.4, -0.2) is 12.1 Å². The van der Waals surface area contributed by atoms with Gasteiger partial charge in [0.25, 0.3) is 0 Å². The molecule has 6 heteroatoms. The average molecular weight is 324 g/mol. The zero-order valence-corrected chi connectivity index (χ0v) is 12.8. The minimum Gasteiger partial charge on any atom is -0.493 e. The highest BCUT2D eigenvalue weighted by molar-refractivity contribution is 5.53. The number of halogens is 1. The van der Waals surface area contributed by atoms with Crippen molar-refractivity contribution in [3.63, 3.8) is 0 Å². The molecule has 0 aliphatic rings. The van der Waals surface area contributed by atoms with Gasteiger partial charge in [-0.1, -0.05) is 6.07 Å². The zero-order valence-electron chi connectivity index (χ0n) is 12.8. The number of aromatic nitrogens is 1. The maximum absolute atomic E-state index is 13.2. The van der Waals surface area contributed by atoms with Crippen molar-refractivity contribution in [2.24, 2.45) is 0 Å². The molecule has 120 valence electrons. The van der Waals surface area contributed by atoms with E-state index >= 15 is 0 Å². The predicted octanol–water partition coefficient (Wildman–Crippen LogP) is 3.94. The van der Waals surface area contributed by atoms with Crippen molar-refractivity contribution in [1.29, 1.82) is 5.26 Å². The number of nitriles is 1. The number of nitrogens with zero attached hydrogens (tertiary/aromatic N) is 2. The lowest BCUT2D eigenvalue weighted by Gasteiger charge is -2.09. The maximum Gasteiger partial charge on any atom is 0.226 e. The number of hydrogen-bond donors (Lipinski definition) is 0. The molecule has 1 aromatic heterocycles. The van der Waals surface area contributed by atoms with Crippen molar-refractivity contribution in [3.8, 4) is 29.0 Å². The van der Waals surface area contributed by atoms with Crippen LogP contribution in [0.3, 0.4) is 0 Å². The average Bonchev–Trinajstić information content (AvgIpc) is 3.09. The van der Waals surface area contributed by atoms with Gasteiger partial charge in [-0.25, -0.2) is 9.37 Å². The zero-order chi connectivity index (χ0) is 16.9. The first kappa shape index (κ1) is 15.6. The number of rotatable bonds is 5. The summed E-state index contributed by atoms with van der Waals surface area (Å²) in [5.41, 5.74) is 1.59. The van der Waals surface area contributed by atoms with Crippen molar-refractivity contribution in [2.75, 3.05) is 7.11 Å². The number of methoxy groups -OCH3 is 1. The molecule has 0 fully saturated rings.